The van der Waals surface area contributed by atoms with Gasteiger partial charge in [0.2, 0.25) is 5.89 Å². The Morgan fingerprint density at radius 2 is 2.44 bits per heavy atom. The van der Waals surface area contributed by atoms with Crippen LogP contribution in [-0.2, 0) is 6.54 Å². The zero-order valence-corrected chi connectivity index (χ0v) is 9.96. The second-order valence-electron chi connectivity index (χ2n) is 3.90. The molecule has 6 nitrogen and oxygen atoms in total. The fraction of sp³-hybridized carbons (Fsp3) is 0.250. The highest BCUT2D eigenvalue weighted by Crippen LogP contribution is 2.09. The number of aromatic nitrogens is 2. The highest BCUT2D eigenvalue weighted by Gasteiger charge is 2.13. The Kier molecular flexibility index (Phi) is 3.69. The van der Waals surface area contributed by atoms with E-state index < -0.39 is 0 Å². The van der Waals surface area contributed by atoms with E-state index in [2.05, 4.69) is 15.3 Å². The van der Waals surface area contributed by atoms with Crippen LogP contribution in [0.3, 0.4) is 0 Å². The van der Waals surface area contributed by atoms with Crippen molar-refractivity contribution in [1.29, 1.82) is 0 Å². The molecule has 3 N–H and O–H groups in total. The minimum atomic E-state index is -0.329. The van der Waals surface area contributed by atoms with Crippen molar-refractivity contribution >= 4 is 5.91 Å². The highest BCUT2D eigenvalue weighted by molar-refractivity contribution is 5.91. The van der Waals surface area contributed by atoms with Crippen LogP contribution in [0.25, 0.3) is 0 Å². The summed E-state index contributed by atoms with van der Waals surface area (Å²) in [7, 11) is 0. The molecule has 18 heavy (non-hydrogen) atoms. The number of oxazole rings is 1. The molecule has 2 rings (SSSR count). The summed E-state index contributed by atoms with van der Waals surface area (Å²) in [5.41, 5.74) is 6.74. The smallest absolute Gasteiger partial charge is 0.273 e. The van der Waals surface area contributed by atoms with Gasteiger partial charge < -0.3 is 15.5 Å². The molecule has 1 amide bonds. The maximum atomic E-state index is 11.8. The van der Waals surface area contributed by atoms with Gasteiger partial charge in [0.15, 0.2) is 5.69 Å². The topological polar surface area (TPSA) is 94.0 Å². The van der Waals surface area contributed by atoms with Crippen LogP contribution >= 0.6 is 0 Å². The standard InChI is InChI=1S/C12H14N4O2/c1-8(13)12-16-10(7-18-12)11(17)15-6-9-3-2-4-14-5-9/h2-5,7-8H,6,13H2,1H3,(H,15,17). The van der Waals surface area contributed by atoms with Crippen LogP contribution in [0.4, 0.5) is 0 Å². The summed E-state index contributed by atoms with van der Waals surface area (Å²) in [6, 6.07) is 3.36. The summed E-state index contributed by atoms with van der Waals surface area (Å²) in [6.07, 6.45) is 4.67. The van der Waals surface area contributed by atoms with Gasteiger partial charge in [0.25, 0.3) is 5.91 Å². The fourth-order valence-electron chi connectivity index (χ4n) is 1.38. The highest BCUT2D eigenvalue weighted by atomic mass is 16.3. The van der Waals surface area contributed by atoms with Crippen molar-refractivity contribution in [3.63, 3.8) is 0 Å². The Labute approximate surface area is 104 Å². The van der Waals surface area contributed by atoms with E-state index in [1.807, 2.05) is 12.1 Å². The van der Waals surface area contributed by atoms with Gasteiger partial charge in [0.05, 0.1) is 6.04 Å². The molecule has 1 unspecified atom stereocenters. The van der Waals surface area contributed by atoms with E-state index in [-0.39, 0.29) is 17.6 Å². The first kappa shape index (κ1) is 12.3. The number of hydrogen-bond donors (Lipinski definition) is 2. The van der Waals surface area contributed by atoms with Crippen molar-refractivity contribution in [3.05, 3.63) is 47.9 Å². The third-order valence-corrected chi connectivity index (χ3v) is 2.32. The molecular weight excluding hydrogens is 232 g/mol. The Hall–Kier alpha value is -2.21. The van der Waals surface area contributed by atoms with E-state index in [9.17, 15) is 4.79 Å². The van der Waals surface area contributed by atoms with Crippen LogP contribution < -0.4 is 11.1 Å². The van der Waals surface area contributed by atoms with E-state index in [1.165, 1.54) is 6.26 Å². The van der Waals surface area contributed by atoms with Gasteiger partial charge in [-0.1, -0.05) is 6.07 Å². The normalized spacial score (nSPS) is 12.1. The molecule has 0 spiro atoms. The molecule has 0 saturated carbocycles. The summed E-state index contributed by atoms with van der Waals surface area (Å²) in [6.45, 7) is 2.14. The summed E-state index contributed by atoms with van der Waals surface area (Å²) in [5.74, 6) is 0.0519. The molecule has 0 aliphatic rings. The second kappa shape index (κ2) is 5.42. The molecule has 2 aromatic rings. The first-order valence-corrected chi connectivity index (χ1v) is 5.55. The third kappa shape index (κ3) is 2.92. The van der Waals surface area contributed by atoms with Crippen molar-refractivity contribution in [3.8, 4) is 0 Å². The average Bonchev–Trinajstić information content (AvgIpc) is 2.87. The predicted molar refractivity (Wildman–Crippen MR) is 64.5 cm³/mol. The molecule has 0 fully saturated rings. The lowest BCUT2D eigenvalue weighted by Crippen LogP contribution is -2.23. The van der Waals surface area contributed by atoms with E-state index in [4.69, 9.17) is 10.2 Å². The molecule has 2 aromatic heterocycles. The molecule has 6 heteroatoms. The summed E-state index contributed by atoms with van der Waals surface area (Å²) in [4.78, 5) is 19.7. The zero-order valence-electron chi connectivity index (χ0n) is 9.96. The quantitative estimate of drug-likeness (QED) is 0.839. The van der Waals surface area contributed by atoms with Crippen LogP contribution in [0.1, 0.15) is 34.9 Å². The fourth-order valence-corrected chi connectivity index (χ4v) is 1.38. The van der Waals surface area contributed by atoms with Crippen molar-refractivity contribution in [2.24, 2.45) is 5.73 Å². The Balaban J connectivity index is 1.95. The van der Waals surface area contributed by atoms with Gasteiger partial charge in [-0.3, -0.25) is 9.78 Å². The van der Waals surface area contributed by atoms with Gasteiger partial charge in [0.1, 0.15) is 6.26 Å². The number of nitrogens with two attached hydrogens (primary N) is 1. The first-order chi connectivity index (χ1) is 8.66. The van der Waals surface area contributed by atoms with Crippen molar-refractivity contribution in [1.82, 2.24) is 15.3 Å². The molecule has 0 aliphatic heterocycles. The van der Waals surface area contributed by atoms with Gasteiger partial charge in [0, 0.05) is 18.9 Å². The van der Waals surface area contributed by atoms with Gasteiger partial charge in [-0.2, -0.15) is 0 Å². The lowest BCUT2D eigenvalue weighted by atomic mass is 10.3. The number of amides is 1. The van der Waals surface area contributed by atoms with Crippen LogP contribution in [0.5, 0.6) is 0 Å². The van der Waals surface area contributed by atoms with E-state index in [1.54, 1.807) is 19.3 Å². The predicted octanol–water partition coefficient (Wildman–Crippen LogP) is 1.02. The van der Waals surface area contributed by atoms with Gasteiger partial charge in [-0.15, -0.1) is 0 Å². The molecular formula is C12H14N4O2. The molecule has 94 valence electrons. The number of carbonyl (C=O) groups is 1. The number of pyridine rings is 1. The number of carbonyl (C=O) groups excluding carboxylic acids is 1. The van der Waals surface area contributed by atoms with E-state index >= 15 is 0 Å². The van der Waals surface area contributed by atoms with Gasteiger partial charge in [-0.25, -0.2) is 4.98 Å². The minimum absolute atomic E-state index is 0.228. The number of rotatable bonds is 4. The largest absolute Gasteiger partial charge is 0.446 e. The SMILES string of the molecule is CC(N)c1nc(C(=O)NCc2cccnc2)co1. The summed E-state index contributed by atoms with van der Waals surface area (Å²) < 4.78 is 5.09. The molecule has 0 radical (unpaired) electrons. The molecule has 0 bridgehead atoms. The van der Waals surface area contributed by atoms with Crippen molar-refractivity contribution in [2.75, 3.05) is 0 Å². The first-order valence-electron chi connectivity index (χ1n) is 5.55. The zero-order chi connectivity index (χ0) is 13.0. The van der Waals surface area contributed by atoms with Crippen LogP contribution in [-0.4, -0.2) is 15.9 Å². The maximum absolute atomic E-state index is 11.8. The number of nitrogens with one attached hydrogen (secondary N) is 1. The third-order valence-electron chi connectivity index (χ3n) is 2.32. The van der Waals surface area contributed by atoms with Gasteiger partial charge >= 0.3 is 0 Å². The summed E-state index contributed by atoms with van der Waals surface area (Å²) >= 11 is 0. The number of hydrogen-bond acceptors (Lipinski definition) is 5. The maximum Gasteiger partial charge on any atom is 0.273 e. The van der Waals surface area contributed by atoms with Crippen LogP contribution in [0.2, 0.25) is 0 Å². The van der Waals surface area contributed by atoms with Crippen LogP contribution in [0.15, 0.2) is 35.2 Å². The molecule has 0 saturated heterocycles. The average molecular weight is 246 g/mol. The lowest BCUT2D eigenvalue weighted by molar-refractivity contribution is 0.0946. The monoisotopic (exact) mass is 246 g/mol. The minimum Gasteiger partial charge on any atom is -0.446 e. The second-order valence-corrected chi connectivity index (χ2v) is 3.90. The molecule has 2 heterocycles. The van der Waals surface area contributed by atoms with Gasteiger partial charge in [-0.05, 0) is 18.6 Å². The number of nitrogens with zero attached hydrogens (tertiary/aromatic N) is 2. The molecule has 1 atom stereocenters. The van der Waals surface area contributed by atoms with E-state index in [0.717, 1.165) is 5.56 Å². The van der Waals surface area contributed by atoms with E-state index in [0.29, 0.717) is 12.4 Å². The lowest BCUT2D eigenvalue weighted by Gasteiger charge is -2.02. The van der Waals surface area contributed by atoms with Crippen molar-refractivity contribution < 1.29 is 9.21 Å². The molecule has 0 aromatic carbocycles. The Morgan fingerprint density at radius 3 is 3.06 bits per heavy atom. The Morgan fingerprint density at radius 1 is 1.61 bits per heavy atom. The van der Waals surface area contributed by atoms with Crippen LogP contribution in [0, 0.1) is 0 Å². The van der Waals surface area contributed by atoms with Crippen molar-refractivity contribution in [2.45, 2.75) is 19.5 Å². The Bertz CT molecular complexity index is 522. The molecule has 0 aliphatic carbocycles. The summed E-state index contributed by atoms with van der Waals surface area (Å²) in [5, 5.41) is 2.73.